The summed E-state index contributed by atoms with van der Waals surface area (Å²) >= 11 is 0. The fourth-order valence-corrected chi connectivity index (χ4v) is 1.16. The van der Waals surface area contributed by atoms with Crippen LogP contribution in [0.4, 0.5) is 5.82 Å². The Labute approximate surface area is 82.8 Å². The van der Waals surface area contributed by atoms with Crippen molar-refractivity contribution in [3.8, 4) is 0 Å². The number of rotatable bonds is 3. The number of hydrogen-bond acceptors (Lipinski definition) is 3. The van der Waals surface area contributed by atoms with E-state index in [1.165, 1.54) is 5.56 Å². The van der Waals surface area contributed by atoms with Crippen molar-refractivity contribution in [3.63, 3.8) is 0 Å². The Bertz CT molecular complexity index is 333. The average molecular weight is 185 g/mol. The first-order valence-corrected chi connectivity index (χ1v) is 4.49. The van der Waals surface area contributed by atoms with E-state index < -0.39 is 0 Å². The van der Waals surface area contributed by atoms with E-state index in [4.69, 9.17) is 0 Å². The summed E-state index contributed by atoms with van der Waals surface area (Å²) in [6, 6.07) is 9.77. The Morgan fingerprint density at radius 2 is 1.86 bits per heavy atom. The Balaban J connectivity index is 1.96. The Kier molecular flexibility index (Phi) is 2.71. The summed E-state index contributed by atoms with van der Waals surface area (Å²) in [7, 11) is 0. The Hall–Kier alpha value is -1.90. The summed E-state index contributed by atoms with van der Waals surface area (Å²) in [5, 5.41) is 3.22. The van der Waals surface area contributed by atoms with Crippen molar-refractivity contribution in [1.82, 2.24) is 9.97 Å². The normalized spacial score (nSPS) is 9.71. The molecule has 14 heavy (non-hydrogen) atoms. The third-order valence-electron chi connectivity index (χ3n) is 1.89. The number of nitrogens with zero attached hydrogens (tertiary/aromatic N) is 2. The summed E-state index contributed by atoms with van der Waals surface area (Å²) < 4.78 is 0. The molecule has 2 rings (SSSR count). The van der Waals surface area contributed by atoms with Gasteiger partial charge in [0.25, 0.3) is 0 Å². The van der Waals surface area contributed by atoms with Crippen LogP contribution < -0.4 is 5.32 Å². The van der Waals surface area contributed by atoms with Gasteiger partial charge in [0.05, 0.1) is 0 Å². The number of aromatic nitrogens is 2. The maximum absolute atomic E-state index is 4.17. The molecular formula is C11H11N3. The first-order valence-electron chi connectivity index (χ1n) is 4.49. The van der Waals surface area contributed by atoms with Gasteiger partial charge in [-0.1, -0.05) is 6.07 Å². The first-order chi connectivity index (χ1) is 6.95. The minimum atomic E-state index is 0.777. The third kappa shape index (κ3) is 2.29. The van der Waals surface area contributed by atoms with Gasteiger partial charge >= 0.3 is 0 Å². The second kappa shape index (κ2) is 4.37. The van der Waals surface area contributed by atoms with Gasteiger partial charge in [-0.15, -0.1) is 0 Å². The maximum atomic E-state index is 4.17. The third-order valence-corrected chi connectivity index (χ3v) is 1.89. The average Bonchev–Trinajstić information content (AvgIpc) is 2.29. The van der Waals surface area contributed by atoms with Gasteiger partial charge in [0.2, 0.25) is 0 Å². The van der Waals surface area contributed by atoms with E-state index in [0.717, 1.165) is 12.4 Å². The predicted molar refractivity (Wildman–Crippen MR) is 55.8 cm³/mol. The predicted octanol–water partition coefficient (Wildman–Crippen LogP) is 2.09. The maximum Gasteiger partial charge on any atom is 0.126 e. The van der Waals surface area contributed by atoms with Crippen LogP contribution in [0, 0.1) is 0 Å². The molecule has 0 aliphatic carbocycles. The lowest BCUT2D eigenvalue weighted by atomic mass is 10.3. The Morgan fingerprint density at radius 1 is 1.00 bits per heavy atom. The van der Waals surface area contributed by atoms with E-state index in [-0.39, 0.29) is 0 Å². The first kappa shape index (κ1) is 8.69. The zero-order chi connectivity index (χ0) is 9.64. The SMILES string of the molecule is c1ccc(NCc2ccncc2)nc1. The van der Waals surface area contributed by atoms with Gasteiger partial charge < -0.3 is 5.32 Å². The van der Waals surface area contributed by atoms with Crippen molar-refractivity contribution in [2.45, 2.75) is 6.54 Å². The van der Waals surface area contributed by atoms with E-state index in [9.17, 15) is 0 Å². The Morgan fingerprint density at radius 3 is 2.57 bits per heavy atom. The molecule has 0 aliphatic heterocycles. The second-order valence-corrected chi connectivity index (χ2v) is 2.92. The van der Waals surface area contributed by atoms with Gasteiger partial charge in [0, 0.05) is 25.1 Å². The van der Waals surface area contributed by atoms with Gasteiger partial charge in [-0.05, 0) is 29.8 Å². The van der Waals surface area contributed by atoms with E-state index in [0.29, 0.717) is 0 Å². The topological polar surface area (TPSA) is 37.8 Å². The molecule has 1 N–H and O–H groups in total. The van der Waals surface area contributed by atoms with Crippen molar-refractivity contribution in [3.05, 3.63) is 54.5 Å². The van der Waals surface area contributed by atoms with Crippen LogP contribution in [0.15, 0.2) is 48.9 Å². The van der Waals surface area contributed by atoms with E-state index >= 15 is 0 Å². The van der Waals surface area contributed by atoms with Crippen molar-refractivity contribution < 1.29 is 0 Å². The molecule has 3 nitrogen and oxygen atoms in total. The van der Waals surface area contributed by atoms with Gasteiger partial charge in [0.15, 0.2) is 0 Å². The van der Waals surface area contributed by atoms with Crippen LogP contribution in [-0.4, -0.2) is 9.97 Å². The molecule has 2 heterocycles. The quantitative estimate of drug-likeness (QED) is 0.795. The smallest absolute Gasteiger partial charge is 0.126 e. The summed E-state index contributed by atoms with van der Waals surface area (Å²) in [6.45, 7) is 0.777. The van der Waals surface area contributed by atoms with E-state index in [2.05, 4.69) is 15.3 Å². The molecule has 0 fully saturated rings. The van der Waals surface area contributed by atoms with Gasteiger partial charge in [-0.2, -0.15) is 0 Å². The molecule has 0 aliphatic rings. The highest BCUT2D eigenvalue weighted by Crippen LogP contribution is 2.03. The minimum absolute atomic E-state index is 0.777. The largest absolute Gasteiger partial charge is 0.366 e. The standard InChI is InChI=1S/C11H11N3/c1-2-6-13-11(3-1)14-9-10-4-7-12-8-5-10/h1-8H,9H2,(H,13,14). The fourth-order valence-electron chi connectivity index (χ4n) is 1.16. The van der Waals surface area contributed by atoms with Gasteiger partial charge in [-0.3, -0.25) is 4.98 Å². The molecule has 70 valence electrons. The molecule has 0 atom stereocenters. The summed E-state index contributed by atoms with van der Waals surface area (Å²) in [6.07, 6.45) is 5.35. The molecule has 0 bridgehead atoms. The molecule has 0 saturated heterocycles. The van der Waals surface area contributed by atoms with Crippen LogP contribution in [0.1, 0.15) is 5.56 Å². The van der Waals surface area contributed by atoms with E-state index in [1.54, 1.807) is 18.6 Å². The van der Waals surface area contributed by atoms with Crippen LogP contribution in [0.5, 0.6) is 0 Å². The molecule has 0 unspecified atom stereocenters. The molecule has 2 aromatic heterocycles. The van der Waals surface area contributed by atoms with E-state index in [1.807, 2.05) is 30.3 Å². The van der Waals surface area contributed by atoms with Crippen LogP contribution in [-0.2, 0) is 6.54 Å². The highest BCUT2D eigenvalue weighted by Gasteiger charge is 1.92. The lowest BCUT2D eigenvalue weighted by molar-refractivity contribution is 1.10. The number of nitrogens with one attached hydrogen (secondary N) is 1. The van der Waals surface area contributed by atoms with Crippen LogP contribution in [0.25, 0.3) is 0 Å². The fraction of sp³-hybridized carbons (Fsp3) is 0.0909. The van der Waals surface area contributed by atoms with Crippen LogP contribution in [0.3, 0.4) is 0 Å². The highest BCUT2D eigenvalue weighted by molar-refractivity contribution is 5.34. The van der Waals surface area contributed by atoms with Crippen LogP contribution >= 0.6 is 0 Å². The molecular weight excluding hydrogens is 174 g/mol. The monoisotopic (exact) mass is 185 g/mol. The van der Waals surface area contributed by atoms with Gasteiger partial charge in [-0.25, -0.2) is 4.98 Å². The number of pyridine rings is 2. The second-order valence-electron chi connectivity index (χ2n) is 2.92. The number of hydrogen-bond donors (Lipinski definition) is 1. The lowest BCUT2D eigenvalue weighted by Crippen LogP contribution is -2.00. The van der Waals surface area contributed by atoms with Crippen LogP contribution in [0.2, 0.25) is 0 Å². The van der Waals surface area contributed by atoms with Crippen molar-refractivity contribution in [2.75, 3.05) is 5.32 Å². The minimum Gasteiger partial charge on any atom is -0.366 e. The molecule has 0 radical (unpaired) electrons. The summed E-state index contributed by atoms with van der Waals surface area (Å²) in [4.78, 5) is 8.12. The van der Waals surface area contributed by atoms with Crippen molar-refractivity contribution in [1.29, 1.82) is 0 Å². The molecule has 2 aromatic rings. The zero-order valence-electron chi connectivity index (χ0n) is 7.72. The molecule has 0 saturated carbocycles. The number of anilines is 1. The molecule has 0 amide bonds. The lowest BCUT2D eigenvalue weighted by Gasteiger charge is -2.04. The molecule has 3 heteroatoms. The molecule has 0 spiro atoms. The van der Waals surface area contributed by atoms with Crippen molar-refractivity contribution >= 4 is 5.82 Å². The summed E-state index contributed by atoms with van der Waals surface area (Å²) in [5.74, 6) is 0.893. The highest BCUT2D eigenvalue weighted by atomic mass is 15.0. The zero-order valence-corrected chi connectivity index (χ0v) is 7.72. The van der Waals surface area contributed by atoms with Gasteiger partial charge in [0.1, 0.15) is 5.82 Å². The molecule has 0 aromatic carbocycles. The summed E-state index contributed by atoms with van der Waals surface area (Å²) in [5.41, 5.74) is 1.20. The van der Waals surface area contributed by atoms with Crippen molar-refractivity contribution in [2.24, 2.45) is 0 Å².